The first-order valence-electron chi connectivity index (χ1n) is 14.8. The van der Waals surface area contributed by atoms with E-state index in [0.29, 0.717) is 41.1 Å². The Morgan fingerprint density at radius 3 is 2.25 bits per heavy atom. The van der Waals surface area contributed by atoms with Crippen LogP contribution in [0, 0.1) is 5.92 Å². The van der Waals surface area contributed by atoms with E-state index in [2.05, 4.69) is 42.7 Å². The van der Waals surface area contributed by atoms with Crippen molar-refractivity contribution in [1.82, 2.24) is 4.72 Å². The van der Waals surface area contributed by atoms with Gasteiger partial charge in [-0.2, -0.15) is 0 Å². The van der Waals surface area contributed by atoms with Crippen LogP contribution < -0.4 is 24.8 Å². The number of aliphatic imine (C=N–C) groups is 1. The number of ether oxygens (including phenoxy) is 2. The molecular formula is C35H46N4O4S. The number of unbranched alkanes of at least 4 members (excludes halogenated alkanes) is 1. The summed E-state index contributed by atoms with van der Waals surface area (Å²) in [7, 11) is 3.22. The third-order valence-corrected chi connectivity index (χ3v) is 7.36. The fraction of sp³-hybridized carbons (Fsp3) is 0.343. The highest BCUT2D eigenvalue weighted by Crippen LogP contribution is 2.28. The third-order valence-electron chi connectivity index (χ3n) is 6.58. The van der Waals surface area contributed by atoms with E-state index in [4.69, 9.17) is 14.5 Å². The molecule has 236 valence electrons. The molecule has 0 spiro atoms. The van der Waals surface area contributed by atoms with Crippen LogP contribution >= 0.6 is 11.9 Å². The maximum atomic E-state index is 10.8. The van der Waals surface area contributed by atoms with Gasteiger partial charge in [0.1, 0.15) is 17.3 Å². The topological polar surface area (TPSA) is 101 Å². The van der Waals surface area contributed by atoms with Crippen LogP contribution in [0.15, 0.2) is 100 Å². The van der Waals surface area contributed by atoms with E-state index in [1.807, 2.05) is 73.7 Å². The lowest BCUT2D eigenvalue weighted by atomic mass is 10.1. The van der Waals surface area contributed by atoms with Gasteiger partial charge < -0.3 is 24.8 Å². The molecule has 0 aliphatic heterocycles. The number of nitrogens with one attached hydrogen (secondary N) is 3. The van der Waals surface area contributed by atoms with Gasteiger partial charge in [-0.1, -0.05) is 64.5 Å². The quantitative estimate of drug-likeness (QED) is 0.172. The van der Waals surface area contributed by atoms with Gasteiger partial charge >= 0.3 is 0 Å². The number of hydrogen-bond donors (Lipinski definition) is 3. The lowest BCUT2D eigenvalue weighted by Gasteiger charge is -2.16. The molecule has 44 heavy (non-hydrogen) atoms. The molecule has 1 fully saturated rings. The van der Waals surface area contributed by atoms with Crippen molar-refractivity contribution in [3.63, 3.8) is 0 Å². The lowest BCUT2D eigenvalue weighted by molar-refractivity contribution is -0.117. The summed E-state index contributed by atoms with van der Waals surface area (Å²) in [5.74, 6) is 3.09. The van der Waals surface area contributed by atoms with E-state index in [0.717, 1.165) is 46.8 Å². The van der Waals surface area contributed by atoms with Crippen LogP contribution in [-0.2, 0) is 9.59 Å². The van der Waals surface area contributed by atoms with Crippen molar-refractivity contribution in [2.24, 2.45) is 10.9 Å². The molecule has 0 heterocycles. The minimum atomic E-state index is 0.451. The molecule has 1 amide bonds. The summed E-state index contributed by atoms with van der Waals surface area (Å²) < 4.78 is 14.1. The van der Waals surface area contributed by atoms with Gasteiger partial charge in [-0.05, 0) is 61.1 Å². The highest BCUT2D eigenvalue weighted by atomic mass is 32.2. The molecular weight excluding hydrogens is 572 g/mol. The standard InChI is InChI=1S/C25H26N4O3S.C6H10O.C4H10/c1-17-8-5-6-11-24(17)28-25(29-33-23-10-7-9-19(14-23)26-16-30)18(2)27-20-12-21(31-3)15-22(13-20)32-4;1-5-2-3-6(7)4-5;1-3-4-2/h5-16,27,29H,1H2,2-4H3,(H,26,30);5H,2-4H2,1H3;3-4H2,1-2H3/b25-18-,28-24-;;. The number of amides is 1. The van der Waals surface area contributed by atoms with E-state index in [1.54, 1.807) is 14.2 Å². The van der Waals surface area contributed by atoms with Crippen molar-refractivity contribution in [3.8, 4) is 11.5 Å². The monoisotopic (exact) mass is 618 g/mol. The Morgan fingerprint density at radius 1 is 1.05 bits per heavy atom. The summed E-state index contributed by atoms with van der Waals surface area (Å²) in [5, 5.41) is 6.03. The molecule has 1 unspecified atom stereocenters. The van der Waals surface area contributed by atoms with Crippen LogP contribution in [0.5, 0.6) is 11.5 Å². The second-order valence-corrected chi connectivity index (χ2v) is 11.2. The van der Waals surface area contributed by atoms with E-state index < -0.39 is 0 Å². The number of Topliss-reactive ketones (excluding diaryl/α,β-unsaturated/α-hetero) is 1. The van der Waals surface area contributed by atoms with Gasteiger partial charge in [0.2, 0.25) is 6.41 Å². The van der Waals surface area contributed by atoms with Crippen molar-refractivity contribution >= 4 is 41.2 Å². The number of ketones is 1. The minimum absolute atomic E-state index is 0.451. The predicted octanol–water partition coefficient (Wildman–Crippen LogP) is 8.48. The number of nitrogens with zero attached hydrogens (tertiary/aromatic N) is 1. The number of rotatable bonds is 11. The van der Waals surface area contributed by atoms with Gasteiger partial charge in [0.25, 0.3) is 0 Å². The van der Waals surface area contributed by atoms with E-state index in [9.17, 15) is 9.59 Å². The minimum Gasteiger partial charge on any atom is -0.497 e. The summed E-state index contributed by atoms with van der Waals surface area (Å²) in [6.07, 6.45) is 13.7. The second-order valence-electron chi connectivity index (χ2n) is 10.3. The van der Waals surface area contributed by atoms with Gasteiger partial charge in [-0.15, -0.1) is 0 Å². The average Bonchev–Trinajstić information content (AvgIpc) is 3.42. The Labute approximate surface area is 266 Å². The van der Waals surface area contributed by atoms with Gasteiger partial charge in [0, 0.05) is 47.3 Å². The number of hydrogen-bond acceptors (Lipinski definition) is 8. The molecule has 9 heteroatoms. The van der Waals surface area contributed by atoms with Crippen molar-refractivity contribution in [2.45, 2.75) is 64.7 Å². The summed E-state index contributed by atoms with van der Waals surface area (Å²) in [6, 6.07) is 13.1. The zero-order chi connectivity index (χ0) is 32.3. The first kappa shape index (κ1) is 36.0. The van der Waals surface area contributed by atoms with Crippen LogP contribution in [-0.4, -0.2) is 32.1 Å². The Morgan fingerprint density at radius 2 is 1.73 bits per heavy atom. The lowest BCUT2D eigenvalue weighted by Crippen LogP contribution is -2.12. The number of benzene rings is 2. The second kappa shape index (κ2) is 19.9. The van der Waals surface area contributed by atoms with Crippen LogP contribution in [0.1, 0.15) is 59.8 Å². The number of methoxy groups -OCH3 is 2. The van der Waals surface area contributed by atoms with Crippen molar-refractivity contribution < 1.29 is 19.1 Å². The Kier molecular flexibility index (Phi) is 16.2. The smallest absolute Gasteiger partial charge is 0.211 e. The normalized spacial score (nSPS) is 16.6. The maximum absolute atomic E-state index is 10.8. The molecule has 2 aromatic rings. The largest absolute Gasteiger partial charge is 0.497 e. The number of carbonyl (C=O) groups is 2. The van der Waals surface area contributed by atoms with Crippen LogP contribution in [0.4, 0.5) is 11.4 Å². The molecule has 2 aliphatic carbocycles. The van der Waals surface area contributed by atoms with E-state index in [-0.39, 0.29) is 0 Å². The Hall–Kier alpha value is -4.24. The van der Waals surface area contributed by atoms with Gasteiger partial charge in [-0.3, -0.25) is 9.59 Å². The number of anilines is 2. The Balaban J connectivity index is 0.000000517. The van der Waals surface area contributed by atoms with E-state index in [1.165, 1.54) is 24.8 Å². The molecule has 3 N–H and O–H groups in total. The first-order chi connectivity index (χ1) is 21.2. The molecule has 0 aromatic heterocycles. The van der Waals surface area contributed by atoms with Crippen molar-refractivity contribution in [2.75, 3.05) is 24.9 Å². The van der Waals surface area contributed by atoms with E-state index >= 15 is 0 Å². The SMILES string of the molecule is C=C1C=CC=C/C1=N/C(NSc1cccc(NC=O)c1)=C(\C)Nc1cc(OC)cc(OC)c1.CC1CCC(=O)C1.CCCC. The molecule has 2 aromatic carbocycles. The zero-order valence-corrected chi connectivity index (χ0v) is 27.6. The molecule has 0 radical (unpaired) electrons. The maximum Gasteiger partial charge on any atom is 0.211 e. The summed E-state index contributed by atoms with van der Waals surface area (Å²) in [4.78, 5) is 26.9. The average molecular weight is 619 g/mol. The molecule has 8 nitrogen and oxygen atoms in total. The molecule has 0 saturated heterocycles. The van der Waals surface area contributed by atoms with Crippen LogP contribution in [0.2, 0.25) is 0 Å². The van der Waals surface area contributed by atoms with Crippen molar-refractivity contribution in [3.05, 3.63) is 90.4 Å². The number of allylic oxidation sites excluding steroid dienone is 6. The molecule has 4 rings (SSSR count). The van der Waals surface area contributed by atoms with Gasteiger partial charge in [-0.25, -0.2) is 4.99 Å². The third kappa shape index (κ3) is 13.0. The number of carbonyl (C=O) groups excluding carboxylic acids is 2. The molecule has 2 aliphatic rings. The first-order valence-corrected chi connectivity index (χ1v) is 15.6. The molecule has 0 bridgehead atoms. The van der Waals surface area contributed by atoms with Crippen LogP contribution in [0.25, 0.3) is 0 Å². The highest BCUT2D eigenvalue weighted by Gasteiger charge is 2.16. The summed E-state index contributed by atoms with van der Waals surface area (Å²) in [5.41, 5.74) is 3.85. The predicted molar refractivity (Wildman–Crippen MR) is 184 cm³/mol. The highest BCUT2D eigenvalue weighted by molar-refractivity contribution is 7.97. The van der Waals surface area contributed by atoms with Gasteiger partial charge in [0.05, 0.1) is 25.6 Å². The van der Waals surface area contributed by atoms with Crippen LogP contribution in [0.3, 0.4) is 0 Å². The Bertz CT molecular complexity index is 1360. The molecule has 1 atom stereocenters. The zero-order valence-electron chi connectivity index (χ0n) is 26.7. The molecule has 1 saturated carbocycles. The fourth-order valence-corrected chi connectivity index (χ4v) is 4.65. The fourth-order valence-electron chi connectivity index (χ4n) is 3.90. The van der Waals surface area contributed by atoms with Crippen molar-refractivity contribution in [1.29, 1.82) is 0 Å². The summed E-state index contributed by atoms with van der Waals surface area (Å²) >= 11 is 1.38. The summed E-state index contributed by atoms with van der Waals surface area (Å²) in [6.45, 7) is 12.5. The van der Waals surface area contributed by atoms with Gasteiger partial charge in [0.15, 0.2) is 5.82 Å².